The minimum absolute atomic E-state index is 0.123. The van der Waals surface area contributed by atoms with E-state index >= 15 is 0 Å². The maximum Gasteiger partial charge on any atom is 0.306 e. The summed E-state index contributed by atoms with van der Waals surface area (Å²) in [6.07, 6.45) is 56.5. The van der Waals surface area contributed by atoms with Crippen LogP contribution in [-0.2, 0) is 23.7 Å². The molecule has 1 aliphatic heterocycles. The van der Waals surface area contributed by atoms with Crippen LogP contribution < -0.4 is 0 Å². The van der Waals surface area contributed by atoms with Crippen LogP contribution in [0.2, 0.25) is 0 Å². The summed E-state index contributed by atoms with van der Waals surface area (Å²) < 4.78 is 22.9. The third-order valence-corrected chi connectivity index (χ3v) is 12.1. The highest BCUT2D eigenvalue weighted by Crippen LogP contribution is 2.23. The monoisotopic (exact) mass is 929 g/mol. The lowest BCUT2D eigenvalue weighted by molar-refractivity contribution is -0.305. The molecule has 0 spiro atoms. The van der Waals surface area contributed by atoms with Crippen LogP contribution in [0.4, 0.5) is 0 Å². The van der Waals surface area contributed by atoms with E-state index in [2.05, 4.69) is 86.8 Å². The van der Waals surface area contributed by atoms with E-state index in [1.807, 2.05) is 0 Å². The zero-order valence-corrected chi connectivity index (χ0v) is 42.2. The Hall–Kier alpha value is -2.37. The highest BCUT2D eigenvalue weighted by atomic mass is 16.7. The van der Waals surface area contributed by atoms with Gasteiger partial charge in [0.25, 0.3) is 0 Å². The van der Waals surface area contributed by atoms with Gasteiger partial charge in [-0.05, 0) is 83.5 Å². The van der Waals surface area contributed by atoms with Crippen molar-refractivity contribution in [3.05, 3.63) is 72.9 Å². The Morgan fingerprint density at radius 2 is 0.924 bits per heavy atom. The average Bonchev–Trinajstić information content (AvgIpc) is 3.32. The molecule has 0 aromatic rings. The first-order chi connectivity index (χ1) is 32.4. The van der Waals surface area contributed by atoms with Crippen molar-refractivity contribution >= 4 is 5.97 Å². The zero-order valence-electron chi connectivity index (χ0n) is 42.2. The van der Waals surface area contributed by atoms with Crippen molar-refractivity contribution in [1.82, 2.24) is 0 Å². The van der Waals surface area contributed by atoms with Crippen molar-refractivity contribution < 1.29 is 44.2 Å². The van der Waals surface area contributed by atoms with Gasteiger partial charge in [0.15, 0.2) is 6.29 Å². The van der Waals surface area contributed by atoms with E-state index in [1.165, 1.54) is 122 Å². The second kappa shape index (κ2) is 47.7. The first-order valence-corrected chi connectivity index (χ1v) is 27.0. The van der Waals surface area contributed by atoms with E-state index in [9.17, 15) is 25.2 Å². The van der Waals surface area contributed by atoms with Crippen molar-refractivity contribution in [3.8, 4) is 0 Å². The molecule has 9 heteroatoms. The smallest absolute Gasteiger partial charge is 0.306 e. The van der Waals surface area contributed by atoms with Gasteiger partial charge < -0.3 is 39.4 Å². The molecule has 0 aliphatic carbocycles. The van der Waals surface area contributed by atoms with E-state index in [-0.39, 0.29) is 19.2 Å². The minimum atomic E-state index is -1.54. The third-order valence-electron chi connectivity index (χ3n) is 12.1. The molecule has 1 fully saturated rings. The van der Waals surface area contributed by atoms with Crippen molar-refractivity contribution in [2.45, 2.75) is 256 Å². The fourth-order valence-corrected chi connectivity index (χ4v) is 7.93. The number of rotatable bonds is 46. The molecule has 382 valence electrons. The first-order valence-electron chi connectivity index (χ1n) is 27.0. The SMILES string of the molecule is CC/C=C\C/C=C\C/C=C\C/C=C\CCCCCCCCC(=O)OC(COCCCCCCCCCCCCCC/C=C\C/C=C\CCCCCCC)COC1OC(CO)C(O)C(O)C1O. The molecule has 0 saturated carbocycles. The van der Waals surface area contributed by atoms with Gasteiger partial charge in [-0.3, -0.25) is 4.79 Å². The number of hydrogen-bond donors (Lipinski definition) is 4. The molecule has 0 aromatic carbocycles. The minimum Gasteiger partial charge on any atom is -0.457 e. The first kappa shape index (κ1) is 61.6. The number of carbonyl (C=O) groups excluding carboxylic acids is 1. The lowest BCUT2D eigenvalue weighted by atomic mass is 9.99. The van der Waals surface area contributed by atoms with Gasteiger partial charge in [0.1, 0.15) is 30.5 Å². The van der Waals surface area contributed by atoms with Gasteiger partial charge in [-0.15, -0.1) is 0 Å². The van der Waals surface area contributed by atoms with Gasteiger partial charge in [0.05, 0.1) is 19.8 Å². The number of allylic oxidation sites excluding steroid dienone is 12. The quantitative estimate of drug-likeness (QED) is 0.0267. The van der Waals surface area contributed by atoms with E-state index in [0.717, 1.165) is 77.0 Å². The molecule has 0 radical (unpaired) electrons. The third kappa shape index (κ3) is 37.6. The number of ether oxygens (including phenoxy) is 4. The topological polar surface area (TPSA) is 135 Å². The molecular formula is C57H100O9. The molecule has 1 saturated heterocycles. The second-order valence-corrected chi connectivity index (χ2v) is 18.3. The molecule has 6 unspecified atom stereocenters. The molecule has 1 heterocycles. The van der Waals surface area contributed by atoms with Crippen LogP contribution in [0.25, 0.3) is 0 Å². The number of aliphatic hydroxyl groups excluding tert-OH is 4. The van der Waals surface area contributed by atoms with Gasteiger partial charge in [-0.2, -0.15) is 0 Å². The Morgan fingerprint density at radius 3 is 1.39 bits per heavy atom. The predicted molar refractivity (Wildman–Crippen MR) is 274 cm³/mol. The Bertz CT molecular complexity index is 1240. The molecule has 0 amide bonds. The molecule has 0 aromatic heterocycles. The van der Waals surface area contributed by atoms with E-state index in [0.29, 0.717) is 13.0 Å². The summed E-state index contributed by atoms with van der Waals surface area (Å²) in [7, 11) is 0. The maximum absolute atomic E-state index is 12.9. The molecule has 66 heavy (non-hydrogen) atoms. The summed E-state index contributed by atoms with van der Waals surface area (Å²) in [5, 5.41) is 40.3. The van der Waals surface area contributed by atoms with Crippen LogP contribution >= 0.6 is 0 Å². The number of aliphatic hydroxyl groups is 4. The van der Waals surface area contributed by atoms with E-state index in [1.54, 1.807) is 0 Å². The number of hydrogen-bond acceptors (Lipinski definition) is 9. The van der Waals surface area contributed by atoms with Crippen LogP contribution in [0.5, 0.6) is 0 Å². The van der Waals surface area contributed by atoms with Crippen molar-refractivity contribution in [1.29, 1.82) is 0 Å². The predicted octanol–water partition coefficient (Wildman–Crippen LogP) is 13.6. The molecule has 1 aliphatic rings. The Balaban J connectivity index is 2.19. The lowest BCUT2D eigenvalue weighted by Crippen LogP contribution is -2.59. The molecule has 1 rings (SSSR count). The lowest BCUT2D eigenvalue weighted by Gasteiger charge is -2.39. The fourth-order valence-electron chi connectivity index (χ4n) is 7.93. The van der Waals surface area contributed by atoms with E-state index < -0.39 is 43.4 Å². The molecule has 0 bridgehead atoms. The van der Waals surface area contributed by atoms with Gasteiger partial charge in [0.2, 0.25) is 0 Å². The highest BCUT2D eigenvalue weighted by Gasteiger charge is 2.44. The van der Waals surface area contributed by atoms with Crippen LogP contribution in [0.15, 0.2) is 72.9 Å². The fraction of sp³-hybridized carbons (Fsp3) is 0.772. The average molecular weight is 929 g/mol. The molecule has 9 nitrogen and oxygen atoms in total. The Kier molecular flexibility index (Phi) is 44.5. The number of carbonyl (C=O) groups is 1. The Labute approximate surface area is 404 Å². The van der Waals surface area contributed by atoms with Gasteiger partial charge >= 0.3 is 5.97 Å². The van der Waals surface area contributed by atoms with Crippen molar-refractivity contribution in [3.63, 3.8) is 0 Å². The van der Waals surface area contributed by atoms with E-state index in [4.69, 9.17) is 18.9 Å². The number of unbranched alkanes of at least 4 members (excludes halogenated alkanes) is 23. The normalized spacial score (nSPS) is 19.9. The summed E-state index contributed by atoms with van der Waals surface area (Å²) in [6, 6.07) is 0. The highest BCUT2D eigenvalue weighted by molar-refractivity contribution is 5.69. The van der Waals surface area contributed by atoms with Crippen LogP contribution in [0.1, 0.15) is 219 Å². The van der Waals surface area contributed by atoms with Crippen LogP contribution in [-0.4, -0.2) is 89.6 Å². The Morgan fingerprint density at radius 1 is 0.500 bits per heavy atom. The number of esters is 1. The second-order valence-electron chi connectivity index (χ2n) is 18.3. The summed E-state index contributed by atoms with van der Waals surface area (Å²) >= 11 is 0. The largest absolute Gasteiger partial charge is 0.457 e. The summed E-state index contributed by atoms with van der Waals surface area (Å²) in [6.45, 7) is 4.43. The zero-order chi connectivity index (χ0) is 47.8. The maximum atomic E-state index is 12.9. The van der Waals surface area contributed by atoms with Gasteiger partial charge in [-0.25, -0.2) is 0 Å². The van der Waals surface area contributed by atoms with Crippen molar-refractivity contribution in [2.24, 2.45) is 0 Å². The summed E-state index contributed by atoms with van der Waals surface area (Å²) in [5.74, 6) is -0.328. The summed E-state index contributed by atoms with van der Waals surface area (Å²) in [5.41, 5.74) is 0. The molecule has 4 N–H and O–H groups in total. The van der Waals surface area contributed by atoms with Crippen LogP contribution in [0.3, 0.4) is 0 Å². The van der Waals surface area contributed by atoms with Crippen molar-refractivity contribution in [2.75, 3.05) is 26.4 Å². The standard InChI is InChI=1S/C57H100O9/c1-3-5-7-9-11-13-15-17-19-21-23-24-25-26-27-29-31-33-35-37-39-41-43-45-47-63-49-51(50-64-57-56(62)55(61)54(60)52(48-58)66-57)65-53(59)46-44-42-40-38-36-34-32-30-28-22-20-18-16-14-12-10-8-6-4-2/h6,8,12,14-15,17-18,20-21,23,28,30,51-52,54-58,60-62H,3-5,7,9-11,13,16,19,22,24-27,29,31-50H2,1-2H3/b8-6-,14-12-,17-15-,20-18-,23-21-,30-28-. The van der Waals surface area contributed by atoms with Gasteiger partial charge in [-0.1, -0.05) is 202 Å². The molecule has 6 atom stereocenters. The van der Waals surface area contributed by atoms with Crippen LogP contribution in [0, 0.1) is 0 Å². The summed E-state index contributed by atoms with van der Waals surface area (Å²) in [4.78, 5) is 12.9. The molecular weight excluding hydrogens is 829 g/mol. The van der Waals surface area contributed by atoms with Gasteiger partial charge in [0, 0.05) is 13.0 Å².